The Labute approximate surface area is 433 Å². The lowest BCUT2D eigenvalue weighted by Crippen LogP contribution is -2.60. The second kappa shape index (κ2) is 27.3. The molecule has 2 bridgehead atoms. The van der Waals surface area contributed by atoms with Gasteiger partial charge < -0.3 is 48.6 Å². The van der Waals surface area contributed by atoms with Crippen molar-refractivity contribution in [3.05, 3.63) is 71.4 Å². The van der Waals surface area contributed by atoms with Gasteiger partial charge in [-0.2, -0.15) is 0 Å². The van der Waals surface area contributed by atoms with Crippen LogP contribution in [0.25, 0.3) is 0 Å². The Morgan fingerprint density at radius 2 is 1.58 bits per heavy atom. The van der Waals surface area contributed by atoms with Crippen molar-refractivity contribution in [2.24, 2.45) is 35.5 Å². The number of rotatable bonds is 8. The first kappa shape index (κ1) is 59.4. The molecule has 73 heavy (non-hydrogen) atoms. The standard InChI is InChI=1S/C58H85NO14/c1-34-17-13-12-14-18-35(2)45(44-24-23-42(68-8)32-50(44)69-9)31-43-22-20-40(7)58(67,73-43)55(64)56(65)59-26-16-15-19-46(59)57(66)72-49(37(4)29-41-21-25-47(60)51(30-41)70-10)33-48(61)36(3)28-39(6)53(63)54(71-11)52(62)38(5)27-34/h12-14,17-18,23-24,28,32,34,36-38,40-41,43,45-47,49,51,53-54,60,63,67H,15-16,19-22,25-27,29-31,33H2,1-11H3/b14-12+,17-13+,35-18+,39-28+/t34-,36-,37-,38-,40-,41-,43+,45+,46+,47-,49+,51-,53-,54+,58-/m1/s1. The lowest BCUT2D eigenvalue weighted by atomic mass is 9.78. The minimum Gasteiger partial charge on any atom is -0.497 e. The summed E-state index contributed by atoms with van der Waals surface area (Å²) in [5.74, 6) is -7.37. The Morgan fingerprint density at radius 1 is 0.836 bits per heavy atom. The third kappa shape index (κ3) is 15.1. The Bertz CT molecular complexity index is 2180. The molecule has 3 N–H and O–H groups in total. The van der Waals surface area contributed by atoms with Gasteiger partial charge in [0, 0.05) is 62.5 Å². The van der Waals surface area contributed by atoms with E-state index in [-0.39, 0.29) is 60.7 Å². The number of hydrogen-bond donors (Lipinski definition) is 3. The zero-order valence-corrected chi connectivity index (χ0v) is 45.3. The molecule has 0 unspecified atom stereocenters. The fourth-order valence-corrected chi connectivity index (χ4v) is 11.3. The predicted octanol–water partition coefficient (Wildman–Crippen LogP) is 7.97. The summed E-state index contributed by atoms with van der Waals surface area (Å²) in [4.78, 5) is 72.9. The molecule has 1 aromatic rings. The molecule has 15 nitrogen and oxygen atoms in total. The number of Topliss-reactive ketones (excluding diaryl/α,β-unsaturated/α-hetero) is 3. The number of hydrogen-bond acceptors (Lipinski definition) is 14. The number of carbonyl (C=O) groups is 5. The Hall–Kier alpha value is -4.51. The number of cyclic esters (lactones) is 1. The average Bonchev–Trinajstić information content (AvgIpc) is 3.38. The van der Waals surface area contributed by atoms with Crippen LogP contribution in [0.5, 0.6) is 11.5 Å². The van der Waals surface area contributed by atoms with E-state index in [2.05, 4.69) is 0 Å². The van der Waals surface area contributed by atoms with E-state index in [0.29, 0.717) is 81.3 Å². The van der Waals surface area contributed by atoms with Crippen molar-refractivity contribution in [3.63, 3.8) is 0 Å². The number of benzene rings is 1. The minimum atomic E-state index is -2.49. The van der Waals surface area contributed by atoms with Crippen LogP contribution in [-0.4, -0.2) is 133 Å². The zero-order valence-electron chi connectivity index (χ0n) is 45.3. The van der Waals surface area contributed by atoms with Crippen LogP contribution in [0.4, 0.5) is 0 Å². The van der Waals surface area contributed by atoms with E-state index in [1.165, 1.54) is 12.0 Å². The van der Waals surface area contributed by atoms with Gasteiger partial charge >= 0.3 is 5.97 Å². The summed E-state index contributed by atoms with van der Waals surface area (Å²) in [7, 11) is 6.10. The first-order valence-corrected chi connectivity index (χ1v) is 26.5. The normalized spacial score (nSPS) is 37.2. The summed E-state index contributed by atoms with van der Waals surface area (Å²) in [6.07, 6.45) is 11.4. The quantitative estimate of drug-likeness (QED) is 0.128. The molecule has 15 heteroatoms. The molecule has 3 heterocycles. The van der Waals surface area contributed by atoms with Gasteiger partial charge in [-0.1, -0.05) is 82.7 Å². The molecular weight excluding hydrogens is 935 g/mol. The van der Waals surface area contributed by atoms with E-state index in [1.807, 2.05) is 70.2 Å². The van der Waals surface area contributed by atoms with Crippen LogP contribution in [0.2, 0.25) is 0 Å². The number of allylic oxidation sites excluding steroid dienone is 7. The summed E-state index contributed by atoms with van der Waals surface area (Å²) in [6.45, 7) is 12.8. The highest BCUT2D eigenvalue weighted by Crippen LogP contribution is 2.43. The van der Waals surface area contributed by atoms with Crippen molar-refractivity contribution in [3.8, 4) is 11.5 Å². The summed E-state index contributed by atoms with van der Waals surface area (Å²) < 4.78 is 35.3. The number of amides is 1. The van der Waals surface area contributed by atoms with E-state index in [1.54, 1.807) is 54.2 Å². The summed E-state index contributed by atoms with van der Waals surface area (Å²) in [6, 6.07) is 4.39. The average molecular weight is 1020 g/mol. The summed E-state index contributed by atoms with van der Waals surface area (Å²) in [5, 5.41) is 34.4. The smallest absolute Gasteiger partial charge is 0.329 e. The highest BCUT2D eigenvalue weighted by atomic mass is 16.6. The number of nitrogens with zero attached hydrogens (tertiary/aromatic N) is 1. The SMILES string of the molecule is COc1ccc([C@H]2C[C@@H]3CC[C@@H](C)[C@@](O)(O3)C(=O)C(=O)N3CCCC[C@H]3C(=O)O[C@H]([C@H](C)C[C@H]3CC[C@@H](O)[C@H](OC)C3)CC(=O)[C@H](C)/C=C(\C)[C@@H](O)[C@@H](OC)C(=O)[C@H](C)C[C@H](C)/C=C/C=C/C=C/2C)c(OC)c1. The van der Waals surface area contributed by atoms with Crippen molar-refractivity contribution in [1.82, 2.24) is 4.90 Å². The van der Waals surface area contributed by atoms with Crippen molar-refractivity contribution >= 4 is 29.2 Å². The fourth-order valence-electron chi connectivity index (χ4n) is 11.3. The van der Waals surface area contributed by atoms with Crippen LogP contribution in [0.3, 0.4) is 0 Å². The lowest BCUT2D eigenvalue weighted by Gasteiger charge is -2.43. The van der Waals surface area contributed by atoms with E-state index in [9.17, 15) is 39.3 Å². The molecule has 1 amide bonds. The van der Waals surface area contributed by atoms with E-state index in [4.69, 9.17) is 28.4 Å². The van der Waals surface area contributed by atoms with Crippen LogP contribution < -0.4 is 9.47 Å². The van der Waals surface area contributed by atoms with E-state index in [0.717, 1.165) is 11.1 Å². The van der Waals surface area contributed by atoms with Gasteiger partial charge in [0.25, 0.3) is 11.7 Å². The van der Waals surface area contributed by atoms with Crippen molar-refractivity contribution in [1.29, 1.82) is 0 Å². The number of carbonyl (C=O) groups excluding carboxylic acids is 5. The van der Waals surface area contributed by atoms with Gasteiger partial charge in [0.05, 0.1) is 32.5 Å². The number of methoxy groups -OCH3 is 4. The second-order valence-electron chi connectivity index (χ2n) is 21.5. The minimum absolute atomic E-state index is 0.0135. The van der Waals surface area contributed by atoms with Crippen LogP contribution in [0.1, 0.15) is 137 Å². The maximum Gasteiger partial charge on any atom is 0.329 e. The molecule has 15 atom stereocenters. The maximum atomic E-state index is 14.6. The number of piperidine rings is 1. The van der Waals surface area contributed by atoms with Crippen molar-refractivity contribution < 1.29 is 67.7 Å². The van der Waals surface area contributed by atoms with Crippen molar-refractivity contribution in [2.45, 2.75) is 180 Å². The molecule has 4 aliphatic rings. The highest BCUT2D eigenvalue weighted by Gasteiger charge is 2.53. The lowest BCUT2D eigenvalue weighted by molar-refractivity contribution is -0.264. The first-order chi connectivity index (χ1) is 34.7. The molecule has 5 rings (SSSR count). The molecule has 1 aliphatic carbocycles. The number of ketones is 3. The summed E-state index contributed by atoms with van der Waals surface area (Å²) >= 11 is 0. The largest absolute Gasteiger partial charge is 0.497 e. The van der Waals surface area contributed by atoms with Gasteiger partial charge in [0.15, 0.2) is 5.78 Å². The topological polar surface area (TPSA) is 205 Å². The molecule has 3 aliphatic heterocycles. The number of esters is 1. The van der Waals surface area contributed by atoms with Gasteiger partial charge in [-0.25, -0.2) is 4.79 Å². The van der Waals surface area contributed by atoms with Gasteiger partial charge in [-0.3, -0.25) is 19.2 Å². The number of aliphatic hydroxyl groups is 3. The molecule has 0 radical (unpaired) electrons. The second-order valence-corrected chi connectivity index (χ2v) is 21.5. The molecule has 3 fully saturated rings. The van der Waals surface area contributed by atoms with Gasteiger partial charge in [0.1, 0.15) is 41.6 Å². The number of aliphatic hydroxyl groups excluding tert-OH is 2. The number of ether oxygens (including phenoxy) is 6. The number of fused-ring (bicyclic) bond motifs is 3. The van der Waals surface area contributed by atoms with Gasteiger partial charge in [0.2, 0.25) is 5.79 Å². The molecular formula is C58H85NO14. The first-order valence-electron chi connectivity index (χ1n) is 26.5. The van der Waals surface area contributed by atoms with E-state index < -0.39 is 77.8 Å². The molecule has 1 saturated carbocycles. The highest BCUT2D eigenvalue weighted by molar-refractivity contribution is 6.39. The van der Waals surface area contributed by atoms with Crippen molar-refractivity contribution in [2.75, 3.05) is 35.0 Å². The third-order valence-corrected chi connectivity index (χ3v) is 16.1. The monoisotopic (exact) mass is 1020 g/mol. The Kier molecular flexibility index (Phi) is 22.2. The predicted molar refractivity (Wildman–Crippen MR) is 277 cm³/mol. The maximum absolute atomic E-state index is 14.6. The molecule has 0 spiro atoms. The van der Waals surface area contributed by atoms with Gasteiger partial charge in [-0.15, -0.1) is 0 Å². The molecule has 406 valence electrons. The molecule has 1 aromatic carbocycles. The molecule has 0 aromatic heterocycles. The third-order valence-electron chi connectivity index (χ3n) is 16.1. The Morgan fingerprint density at radius 3 is 2.26 bits per heavy atom. The van der Waals surface area contributed by atoms with Crippen LogP contribution in [-0.2, 0) is 42.9 Å². The Balaban J connectivity index is 1.53. The van der Waals surface area contributed by atoms with Crippen LogP contribution >= 0.6 is 0 Å². The fraction of sp³-hybridized carbons (Fsp3) is 0.672. The zero-order chi connectivity index (χ0) is 53.7. The van der Waals surface area contributed by atoms with Crippen LogP contribution in [0.15, 0.2) is 65.8 Å². The van der Waals surface area contributed by atoms with Crippen LogP contribution in [0, 0.1) is 35.5 Å². The van der Waals surface area contributed by atoms with E-state index >= 15 is 0 Å². The summed E-state index contributed by atoms with van der Waals surface area (Å²) in [5.41, 5.74) is 2.14. The molecule has 2 saturated heterocycles. The van der Waals surface area contributed by atoms with Gasteiger partial charge in [-0.05, 0) is 114 Å².